The van der Waals surface area contributed by atoms with E-state index in [-0.39, 0.29) is 5.91 Å². The van der Waals surface area contributed by atoms with E-state index in [1.165, 1.54) is 0 Å². The first-order chi connectivity index (χ1) is 13.6. The third-order valence-corrected chi connectivity index (χ3v) is 4.24. The van der Waals surface area contributed by atoms with E-state index in [1.54, 1.807) is 12.1 Å². The fourth-order valence-electron chi connectivity index (χ4n) is 2.79. The summed E-state index contributed by atoms with van der Waals surface area (Å²) in [6.07, 6.45) is 0.844. The summed E-state index contributed by atoms with van der Waals surface area (Å²) in [5, 5.41) is 2.90. The summed E-state index contributed by atoms with van der Waals surface area (Å²) in [4.78, 5) is 17.0. The number of hydrogen-bond donors (Lipinski definition) is 1. The van der Waals surface area contributed by atoms with Crippen molar-refractivity contribution in [2.45, 2.75) is 27.2 Å². The number of carbonyl (C=O) groups is 1. The number of benzene rings is 2. The monoisotopic (exact) mass is 376 g/mol. The number of hydrogen-bond acceptors (Lipinski definition) is 4. The number of carbonyl (C=O) groups excluding carboxylic acids is 1. The number of ether oxygens (including phenoxy) is 2. The highest BCUT2D eigenvalue weighted by atomic mass is 16.5. The molecule has 1 heterocycles. The van der Waals surface area contributed by atoms with Gasteiger partial charge in [-0.3, -0.25) is 9.78 Å². The number of aryl methyl sites for hydroxylation is 2. The zero-order valence-electron chi connectivity index (χ0n) is 16.4. The summed E-state index contributed by atoms with van der Waals surface area (Å²) in [6.45, 7) is 6.39. The second-order valence-corrected chi connectivity index (χ2v) is 6.25. The second-order valence-electron chi connectivity index (χ2n) is 6.25. The first-order valence-corrected chi connectivity index (χ1v) is 9.38. The first-order valence-electron chi connectivity index (χ1n) is 9.38. The first kappa shape index (κ1) is 19.4. The number of nitrogens with zero attached hydrogens (tertiary/aromatic N) is 1. The summed E-state index contributed by atoms with van der Waals surface area (Å²) in [5.41, 5.74) is 2.96. The molecule has 2 aromatic carbocycles. The Kier molecular flexibility index (Phi) is 6.27. The van der Waals surface area contributed by atoms with Crippen LogP contribution in [0.5, 0.6) is 17.2 Å². The summed E-state index contributed by atoms with van der Waals surface area (Å²) in [5.74, 6) is 1.83. The van der Waals surface area contributed by atoms with Crippen LogP contribution < -0.4 is 14.8 Å². The van der Waals surface area contributed by atoms with Crippen LogP contribution in [0.3, 0.4) is 0 Å². The van der Waals surface area contributed by atoms with Crippen molar-refractivity contribution in [3.8, 4) is 17.2 Å². The van der Waals surface area contributed by atoms with Crippen molar-refractivity contribution >= 4 is 11.6 Å². The second kappa shape index (κ2) is 9.04. The zero-order valence-corrected chi connectivity index (χ0v) is 16.4. The Hall–Kier alpha value is -3.34. The van der Waals surface area contributed by atoms with Gasteiger partial charge in [-0.15, -0.1) is 0 Å². The summed E-state index contributed by atoms with van der Waals surface area (Å²) < 4.78 is 11.5. The highest BCUT2D eigenvalue weighted by molar-refractivity contribution is 6.05. The average Bonchev–Trinajstić information content (AvgIpc) is 2.71. The van der Waals surface area contributed by atoms with Gasteiger partial charge in [0.25, 0.3) is 5.91 Å². The molecule has 28 heavy (non-hydrogen) atoms. The van der Waals surface area contributed by atoms with Gasteiger partial charge in [0.15, 0.2) is 11.5 Å². The summed E-state index contributed by atoms with van der Waals surface area (Å²) >= 11 is 0. The van der Waals surface area contributed by atoms with Gasteiger partial charge in [0.05, 0.1) is 17.9 Å². The number of anilines is 1. The predicted octanol–water partition coefficient (Wildman–Crippen LogP) is 5.40. The highest BCUT2D eigenvalue weighted by Crippen LogP contribution is 2.31. The molecule has 0 bridgehead atoms. The van der Waals surface area contributed by atoms with E-state index in [9.17, 15) is 4.79 Å². The molecule has 0 atom stereocenters. The normalized spacial score (nSPS) is 10.4. The van der Waals surface area contributed by atoms with Crippen LogP contribution in [0.1, 0.15) is 35.6 Å². The van der Waals surface area contributed by atoms with E-state index in [0.717, 1.165) is 17.8 Å². The van der Waals surface area contributed by atoms with E-state index < -0.39 is 0 Å². The molecule has 0 aliphatic rings. The number of aromatic nitrogens is 1. The zero-order chi connectivity index (χ0) is 19.9. The molecule has 0 fully saturated rings. The molecule has 0 aliphatic carbocycles. The molecule has 1 N–H and O–H groups in total. The summed E-state index contributed by atoms with van der Waals surface area (Å²) in [6, 6.07) is 18.5. The van der Waals surface area contributed by atoms with Crippen molar-refractivity contribution in [3.63, 3.8) is 0 Å². The van der Waals surface area contributed by atoms with Gasteiger partial charge in [0, 0.05) is 11.4 Å². The minimum atomic E-state index is -0.178. The quantitative estimate of drug-likeness (QED) is 0.600. The Balaban J connectivity index is 1.69. The maximum Gasteiger partial charge on any atom is 0.257 e. The smallest absolute Gasteiger partial charge is 0.257 e. The minimum absolute atomic E-state index is 0.178. The Morgan fingerprint density at radius 1 is 0.964 bits per heavy atom. The lowest BCUT2D eigenvalue weighted by Crippen LogP contribution is -2.14. The molecule has 0 aliphatic heterocycles. The van der Waals surface area contributed by atoms with Crippen LogP contribution in [0, 0.1) is 6.92 Å². The van der Waals surface area contributed by atoms with E-state index >= 15 is 0 Å². The number of nitrogens with one attached hydrogen (secondary N) is 1. The Morgan fingerprint density at radius 2 is 1.68 bits per heavy atom. The molecule has 0 spiro atoms. The van der Waals surface area contributed by atoms with Crippen LogP contribution in [0.4, 0.5) is 5.69 Å². The molecule has 3 rings (SSSR count). The predicted molar refractivity (Wildman–Crippen MR) is 110 cm³/mol. The molecule has 0 saturated heterocycles. The van der Waals surface area contributed by atoms with Gasteiger partial charge in [-0.2, -0.15) is 0 Å². The van der Waals surface area contributed by atoms with Crippen molar-refractivity contribution in [1.82, 2.24) is 4.98 Å². The number of para-hydroxylation sites is 2. The van der Waals surface area contributed by atoms with Gasteiger partial charge < -0.3 is 14.8 Å². The van der Waals surface area contributed by atoms with Gasteiger partial charge in [0.1, 0.15) is 5.75 Å². The van der Waals surface area contributed by atoms with Crippen molar-refractivity contribution in [2.75, 3.05) is 11.9 Å². The van der Waals surface area contributed by atoms with Crippen LogP contribution in [0.15, 0.2) is 60.7 Å². The van der Waals surface area contributed by atoms with Crippen molar-refractivity contribution in [2.24, 2.45) is 0 Å². The van der Waals surface area contributed by atoms with E-state index in [0.29, 0.717) is 35.1 Å². The number of amides is 1. The lowest BCUT2D eigenvalue weighted by molar-refractivity contribution is 0.102. The van der Waals surface area contributed by atoms with Crippen LogP contribution in [-0.2, 0) is 6.42 Å². The molecule has 5 heteroatoms. The van der Waals surface area contributed by atoms with Crippen molar-refractivity contribution in [1.29, 1.82) is 0 Å². The average molecular weight is 376 g/mol. The molecular formula is C23H24N2O3. The maximum absolute atomic E-state index is 12.5. The topological polar surface area (TPSA) is 60.5 Å². The van der Waals surface area contributed by atoms with Gasteiger partial charge in [-0.1, -0.05) is 19.1 Å². The molecule has 3 aromatic rings. The minimum Gasteiger partial charge on any atom is -0.490 e. The van der Waals surface area contributed by atoms with E-state index in [4.69, 9.17) is 9.47 Å². The molecule has 5 nitrogen and oxygen atoms in total. The van der Waals surface area contributed by atoms with Gasteiger partial charge in [-0.05, 0) is 68.8 Å². The number of rotatable bonds is 7. The van der Waals surface area contributed by atoms with E-state index in [2.05, 4.69) is 10.3 Å². The van der Waals surface area contributed by atoms with Gasteiger partial charge >= 0.3 is 0 Å². The standard InChI is InChI=1S/C23H24N2O3/c1-4-17-12-15-20(16(3)24-17)23(26)25-18-10-13-19(14-11-18)28-22-9-7-6-8-21(22)27-5-2/h6-15H,4-5H2,1-3H3,(H,25,26). The molecule has 144 valence electrons. The largest absolute Gasteiger partial charge is 0.490 e. The van der Waals surface area contributed by atoms with Crippen LogP contribution in [-0.4, -0.2) is 17.5 Å². The van der Waals surface area contributed by atoms with Gasteiger partial charge in [-0.25, -0.2) is 0 Å². The Labute approximate surface area is 165 Å². The van der Waals surface area contributed by atoms with E-state index in [1.807, 2.05) is 69.3 Å². The van der Waals surface area contributed by atoms with Crippen LogP contribution in [0.2, 0.25) is 0 Å². The fraction of sp³-hybridized carbons (Fsp3) is 0.217. The lowest BCUT2D eigenvalue weighted by Gasteiger charge is -2.12. The van der Waals surface area contributed by atoms with Crippen molar-refractivity contribution in [3.05, 3.63) is 77.6 Å². The lowest BCUT2D eigenvalue weighted by atomic mass is 10.1. The molecule has 0 unspecified atom stereocenters. The third kappa shape index (κ3) is 4.68. The van der Waals surface area contributed by atoms with Crippen LogP contribution in [0.25, 0.3) is 0 Å². The highest BCUT2D eigenvalue weighted by Gasteiger charge is 2.11. The van der Waals surface area contributed by atoms with Crippen LogP contribution >= 0.6 is 0 Å². The molecular weight excluding hydrogens is 352 g/mol. The molecule has 0 saturated carbocycles. The third-order valence-electron chi connectivity index (χ3n) is 4.24. The Morgan fingerprint density at radius 3 is 2.32 bits per heavy atom. The summed E-state index contributed by atoms with van der Waals surface area (Å²) in [7, 11) is 0. The molecule has 0 radical (unpaired) electrons. The Bertz CT molecular complexity index is 952. The number of pyridine rings is 1. The molecule has 1 amide bonds. The van der Waals surface area contributed by atoms with Gasteiger partial charge in [0.2, 0.25) is 0 Å². The SMILES string of the molecule is CCOc1ccccc1Oc1ccc(NC(=O)c2ccc(CC)nc2C)cc1. The maximum atomic E-state index is 12.5. The molecule has 1 aromatic heterocycles. The fourth-order valence-corrected chi connectivity index (χ4v) is 2.79. The van der Waals surface area contributed by atoms with Crippen molar-refractivity contribution < 1.29 is 14.3 Å².